The molecule has 3 nitrogen and oxygen atoms in total. The fraction of sp³-hybridized carbons (Fsp3) is 1.00. The molecule has 0 amide bonds. The number of aliphatic hydroxyl groups excluding tert-OH is 1. The van der Waals surface area contributed by atoms with Crippen LogP contribution in [0.25, 0.3) is 0 Å². The molecule has 0 aliphatic carbocycles. The van der Waals surface area contributed by atoms with Crippen LogP contribution in [0.3, 0.4) is 0 Å². The minimum Gasteiger partial charge on any atom is -0.396 e. The van der Waals surface area contributed by atoms with Crippen LogP contribution in [0.4, 0.5) is 0 Å². The molecule has 0 spiro atoms. The average Bonchev–Trinajstić information content (AvgIpc) is 2.17. The van der Waals surface area contributed by atoms with E-state index in [4.69, 9.17) is 10.8 Å². The first-order valence-corrected chi connectivity index (χ1v) is 5.54. The van der Waals surface area contributed by atoms with Gasteiger partial charge in [0, 0.05) is 25.2 Å². The maximum atomic E-state index is 9.03. The van der Waals surface area contributed by atoms with Gasteiger partial charge in [-0.05, 0) is 32.7 Å². The predicted octanol–water partition coefficient (Wildman–Crippen LogP) is 1.06. The SMILES string of the molecule is CCCN(CC(C)CO)C(C)(C)CN. The van der Waals surface area contributed by atoms with E-state index in [0.29, 0.717) is 12.5 Å². The lowest BCUT2D eigenvalue weighted by Gasteiger charge is -2.39. The van der Waals surface area contributed by atoms with Crippen LogP contribution in [0.15, 0.2) is 0 Å². The number of rotatable bonds is 7. The van der Waals surface area contributed by atoms with Gasteiger partial charge in [-0.1, -0.05) is 13.8 Å². The van der Waals surface area contributed by atoms with Gasteiger partial charge in [-0.3, -0.25) is 4.90 Å². The number of hydrogen-bond donors (Lipinski definition) is 2. The summed E-state index contributed by atoms with van der Waals surface area (Å²) >= 11 is 0. The summed E-state index contributed by atoms with van der Waals surface area (Å²) in [4.78, 5) is 2.37. The van der Waals surface area contributed by atoms with Gasteiger partial charge in [0.05, 0.1) is 0 Å². The van der Waals surface area contributed by atoms with Crippen LogP contribution in [0.5, 0.6) is 0 Å². The highest BCUT2D eigenvalue weighted by molar-refractivity contribution is 4.83. The predicted molar refractivity (Wildman–Crippen MR) is 61.2 cm³/mol. The van der Waals surface area contributed by atoms with Crippen molar-refractivity contribution in [2.45, 2.75) is 39.7 Å². The Morgan fingerprint density at radius 3 is 2.36 bits per heavy atom. The van der Waals surface area contributed by atoms with Crippen molar-refractivity contribution in [3.05, 3.63) is 0 Å². The second kappa shape index (κ2) is 6.38. The normalized spacial score (nSPS) is 14.8. The lowest BCUT2D eigenvalue weighted by Crippen LogP contribution is -2.51. The zero-order valence-electron chi connectivity index (χ0n) is 10.1. The first-order chi connectivity index (χ1) is 6.47. The second-order valence-electron chi connectivity index (χ2n) is 4.75. The second-order valence-corrected chi connectivity index (χ2v) is 4.75. The number of nitrogens with zero attached hydrogens (tertiary/aromatic N) is 1. The molecule has 0 bridgehead atoms. The van der Waals surface area contributed by atoms with E-state index >= 15 is 0 Å². The summed E-state index contributed by atoms with van der Waals surface area (Å²) in [6, 6.07) is 0. The van der Waals surface area contributed by atoms with Crippen LogP contribution in [0, 0.1) is 5.92 Å². The summed E-state index contributed by atoms with van der Waals surface area (Å²) in [5.41, 5.74) is 5.79. The Kier molecular flexibility index (Phi) is 6.33. The first kappa shape index (κ1) is 13.9. The molecule has 0 fully saturated rings. The molecular formula is C11H26N2O. The zero-order chi connectivity index (χ0) is 11.2. The molecule has 0 aromatic heterocycles. The minimum absolute atomic E-state index is 0.0411. The summed E-state index contributed by atoms with van der Waals surface area (Å²) in [6.07, 6.45) is 1.13. The highest BCUT2D eigenvalue weighted by atomic mass is 16.3. The van der Waals surface area contributed by atoms with Crippen molar-refractivity contribution in [1.82, 2.24) is 4.90 Å². The van der Waals surface area contributed by atoms with Crippen LogP contribution in [-0.2, 0) is 0 Å². The standard InChI is InChI=1S/C11H26N2O/c1-5-6-13(7-10(2)8-14)11(3,4)9-12/h10,14H,5-9,12H2,1-4H3. The topological polar surface area (TPSA) is 49.5 Å². The molecule has 3 heteroatoms. The van der Waals surface area contributed by atoms with Gasteiger partial charge < -0.3 is 10.8 Å². The molecule has 0 aromatic rings. The summed E-state index contributed by atoms with van der Waals surface area (Å²) in [6.45, 7) is 11.4. The van der Waals surface area contributed by atoms with Gasteiger partial charge in [-0.15, -0.1) is 0 Å². The quantitative estimate of drug-likeness (QED) is 0.649. The van der Waals surface area contributed by atoms with Gasteiger partial charge in [0.2, 0.25) is 0 Å². The molecule has 0 aliphatic rings. The van der Waals surface area contributed by atoms with Gasteiger partial charge in [0.1, 0.15) is 0 Å². The Morgan fingerprint density at radius 2 is 2.00 bits per heavy atom. The third-order valence-corrected chi connectivity index (χ3v) is 2.69. The van der Waals surface area contributed by atoms with E-state index in [-0.39, 0.29) is 12.1 Å². The number of hydrogen-bond acceptors (Lipinski definition) is 3. The van der Waals surface area contributed by atoms with Crippen LogP contribution >= 0.6 is 0 Å². The van der Waals surface area contributed by atoms with Crippen molar-refractivity contribution in [3.63, 3.8) is 0 Å². The van der Waals surface area contributed by atoms with E-state index in [0.717, 1.165) is 19.5 Å². The van der Waals surface area contributed by atoms with Gasteiger partial charge in [0.15, 0.2) is 0 Å². The molecule has 14 heavy (non-hydrogen) atoms. The fourth-order valence-electron chi connectivity index (χ4n) is 1.47. The van der Waals surface area contributed by atoms with Crippen molar-refractivity contribution in [2.24, 2.45) is 11.7 Å². The van der Waals surface area contributed by atoms with E-state index in [1.54, 1.807) is 0 Å². The Hall–Kier alpha value is -0.120. The van der Waals surface area contributed by atoms with E-state index in [2.05, 4.69) is 32.6 Å². The smallest absolute Gasteiger partial charge is 0.0468 e. The highest BCUT2D eigenvalue weighted by Crippen LogP contribution is 2.15. The van der Waals surface area contributed by atoms with Gasteiger partial charge in [-0.2, -0.15) is 0 Å². The van der Waals surface area contributed by atoms with Crippen LogP contribution in [0.1, 0.15) is 34.1 Å². The van der Waals surface area contributed by atoms with Gasteiger partial charge in [-0.25, -0.2) is 0 Å². The molecule has 0 saturated heterocycles. The Balaban J connectivity index is 4.27. The highest BCUT2D eigenvalue weighted by Gasteiger charge is 2.25. The maximum Gasteiger partial charge on any atom is 0.0468 e. The van der Waals surface area contributed by atoms with Crippen LogP contribution < -0.4 is 5.73 Å². The van der Waals surface area contributed by atoms with Crippen LogP contribution in [-0.4, -0.2) is 41.8 Å². The zero-order valence-corrected chi connectivity index (χ0v) is 10.1. The molecule has 0 rings (SSSR count). The van der Waals surface area contributed by atoms with E-state index in [9.17, 15) is 0 Å². The third-order valence-electron chi connectivity index (χ3n) is 2.69. The van der Waals surface area contributed by atoms with Crippen molar-refractivity contribution >= 4 is 0 Å². The first-order valence-electron chi connectivity index (χ1n) is 5.54. The maximum absolute atomic E-state index is 9.03. The summed E-state index contributed by atoms with van der Waals surface area (Å²) in [7, 11) is 0. The molecule has 1 atom stereocenters. The number of nitrogens with two attached hydrogens (primary N) is 1. The third kappa shape index (κ3) is 4.40. The van der Waals surface area contributed by atoms with Crippen molar-refractivity contribution < 1.29 is 5.11 Å². The largest absolute Gasteiger partial charge is 0.396 e. The fourth-order valence-corrected chi connectivity index (χ4v) is 1.47. The minimum atomic E-state index is 0.0411. The van der Waals surface area contributed by atoms with Crippen molar-refractivity contribution in [3.8, 4) is 0 Å². The van der Waals surface area contributed by atoms with E-state index in [1.165, 1.54) is 0 Å². The summed E-state index contributed by atoms with van der Waals surface area (Å²) in [5, 5.41) is 9.03. The lowest BCUT2D eigenvalue weighted by molar-refractivity contribution is 0.0896. The Bertz CT molecular complexity index is 148. The molecule has 0 heterocycles. The molecular weight excluding hydrogens is 176 g/mol. The molecule has 1 unspecified atom stereocenters. The summed E-state index contributed by atoms with van der Waals surface area (Å²) in [5.74, 6) is 0.326. The summed E-state index contributed by atoms with van der Waals surface area (Å²) < 4.78 is 0. The average molecular weight is 202 g/mol. The monoisotopic (exact) mass is 202 g/mol. The lowest BCUT2D eigenvalue weighted by atomic mass is 10.0. The van der Waals surface area contributed by atoms with Crippen molar-refractivity contribution in [2.75, 3.05) is 26.2 Å². The molecule has 3 N–H and O–H groups in total. The molecule has 0 aliphatic heterocycles. The van der Waals surface area contributed by atoms with Gasteiger partial charge in [0.25, 0.3) is 0 Å². The van der Waals surface area contributed by atoms with Gasteiger partial charge >= 0.3 is 0 Å². The van der Waals surface area contributed by atoms with Crippen LogP contribution in [0.2, 0.25) is 0 Å². The molecule has 86 valence electrons. The molecule has 0 aromatic carbocycles. The Morgan fingerprint density at radius 1 is 1.43 bits per heavy atom. The van der Waals surface area contributed by atoms with E-state index < -0.39 is 0 Å². The molecule has 0 saturated carbocycles. The van der Waals surface area contributed by atoms with E-state index in [1.807, 2.05) is 0 Å². The Labute approximate surface area is 88.3 Å². The molecule has 0 radical (unpaired) electrons. The van der Waals surface area contributed by atoms with Crippen molar-refractivity contribution in [1.29, 1.82) is 0 Å². The number of aliphatic hydroxyl groups is 1.